The maximum atomic E-state index is 12.7. The average Bonchev–Trinajstić information content (AvgIpc) is 3.28. The molecule has 0 bridgehead atoms. The zero-order valence-corrected chi connectivity index (χ0v) is 19.5. The van der Waals surface area contributed by atoms with E-state index in [0.29, 0.717) is 18.9 Å². The van der Waals surface area contributed by atoms with Crippen molar-refractivity contribution in [2.75, 3.05) is 6.61 Å². The van der Waals surface area contributed by atoms with Crippen LogP contribution in [0.1, 0.15) is 68.5 Å². The van der Waals surface area contributed by atoms with Crippen LogP contribution < -0.4 is 4.72 Å². The van der Waals surface area contributed by atoms with Crippen molar-refractivity contribution in [1.82, 2.24) is 19.7 Å². The third kappa shape index (κ3) is 5.75. The first kappa shape index (κ1) is 23.4. The average molecular weight is 463 g/mol. The fraction of sp³-hybridized carbons (Fsp3) is 0.652. The lowest BCUT2D eigenvalue weighted by Crippen LogP contribution is -2.50. The number of sulfonamides is 1. The summed E-state index contributed by atoms with van der Waals surface area (Å²) in [6.07, 6.45) is 9.78. The van der Waals surface area contributed by atoms with Crippen molar-refractivity contribution in [2.24, 2.45) is 0 Å². The maximum Gasteiger partial charge on any atom is 0.240 e. The van der Waals surface area contributed by atoms with E-state index in [-0.39, 0.29) is 17.6 Å². The summed E-state index contributed by atoms with van der Waals surface area (Å²) in [6, 6.07) is 6.28. The molecule has 1 aliphatic heterocycles. The number of nitrogens with zero attached hydrogens (tertiary/aromatic N) is 3. The van der Waals surface area contributed by atoms with Crippen molar-refractivity contribution < 1.29 is 18.3 Å². The Morgan fingerprint density at radius 1 is 1.12 bits per heavy atom. The molecule has 2 aliphatic rings. The van der Waals surface area contributed by atoms with Gasteiger partial charge < -0.3 is 9.84 Å². The molecule has 1 aromatic carbocycles. The second kappa shape index (κ2) is 10.4. The molecule has 2 heterocycles. The van der Waals surface area contributed by atoms with Gasteiger partial charge in [0.2, 0.25) is 10.0 Å². The van der Waals surface area contributed by atoms with E-state index in [9.17, 15) is 13.5 Å². The van der Waals surface area contributed by atoms with Crippen molar-refractivity contribution in [3.8, 4) is 0 Å². The van der Waals surface area contributed by atoms with E-state index < -0.39 is 22.2 Å². The number of hydrogen-bond acceptors (Lipinski definition) is 6. The van der Waals surface area contributed by atoms with Crippen molar-refractivity contribution >= 4 is 10.0 Å². The van der Waals surface area contributed by atoms with E-state index in [1.54, 1.807) is 24.3 Å². The van der Waals surface area contributed by atoms with Gasteiger partial charge in [0.05, 0.1) is 35.4 Å². The predicted molar refractivity (Wildman–Crippen MR) is 121 cm³/mol. The Morgan fingerprint density at radius 2 is 1.88 bits per heavy atom. The minimum atomic E-state index is -3.66. The number of hydrogen-bond donors (Lipinski definition) is 2. The first-order valence-corrected chi connectivity index (χ1v) is 13.2. The van der Waals surface area contributed by atoms with Gasteiger partial charge in [-0.25, -0.2) is 13.1 Å². The van der Waals surface area contributed by atoms with Crippen LogP contribution in [0.15, 0.2) is 35.4 Å². The van der Waals surface area contributed by atoms with Crippen molar-refractivity contribution in [1.29, 1.82) is 0 Å². The van der Waals surface area contributed by atoms with Gasteiger partial charge >= 0.3 is 0 Å². The van der Waals surface area contributed by atoms with Gasteiger partial charge in [0.15, 0.2) is 0 Å². The Balaban J connectivity index is 1.30. The van der Waals surface area contributed by atoms with Crippen molar-refractivity contribution in [2.45, 2.75) is 93.9 Å². The topological polar surface area (TPSA) is 106 Å². The molecule has 1 saturated heterocycles. The summed E-state index contributed by atoms with van der Waals surface area (Å²) in [5, 5.41) is 18.5. The fourth-order valence-corrected chi connectivity index (χ4v) is 6.05. The standard InChI is InChI=1S/C23H34N4O4S/c1-17-7-10-20(11-8-17)32(29,30)25-21-12-9-19(31-23(21)16-28)13-14-27-15-22(24-26-27)18-5-3-2-4-6-18/h7-8,10-11,15,18-19,21,23,25,28H,2-6,9,12-14,16H2,1H3/t19-,21-,23+/m1/s1. The number of nitrogens with one attached hydrogen (secondary N) is 1. The van der Waals surface area contributed by atoms with Crippen LogP contribution in [-0.4, -0.2) is 53.4 Å². The fourth-order valence-electron chi connectivity index (χ4n) is 4.75. The van der Waals surface area contributed by atoms with Crippen LogP contribution in [0.25, 0.3) is 0 Å². The number of aromatic nitrogens is 3. The van der Waals surface area contributed by atoms with Crippen LogP contribution in [0.3, 0.4) is 0 Å². The summed E-state index contributed by atoms with van der Waals surface area (Å²) in [4.78, 5) is 0.224. The molecule has 0 unspecified atom stereocenters. The van der Waals surface area contributed by atoms with E-state index in [4.69, 9.17) is 4.74 Å². The highest BCUT2D eigenvalue weighted by Gasteiger charge is 2.34. The van der Waals surface area contributed by atoms with Crippen LogP contribution in [0, 0.1) is 6.92 Å². The molecule has 0 spiro atoms. The highest BCUT2D eigenvalue weighted by atomic mass is 32.2. The van der Waals surface area contributed by atoms with Gasteiger partial charge in [-0.2, -0.15) is 0 Å². The first-order chi connectivity index (χ1) is 15.4. The normalized spacial score (nSPS) is 25.1. The van der Waals surface area contributed by atoms with Gasteiger partial charge in [0.1, 0.15) is 0 Å². The molecule has 4 rings (SSSR count). The largest absolute Gasteiger partial charge is 0.394 e. The molecular formula is C23H34N4O4S. The maximum absolute atomic E-state index is 12.7. The monoisotopic (exact) mass is 462 g/mol. The van der Waals surface area contributed by atoms with E-state index in [1.165, 1.54) is 32.1 Å². The van der Waals surface area contributed by atoms with Crippen LogP contribution in [-0.2, 0) is 21.3 Å². The van der Waals surface area contributed by atoms with Gasteiger partial charge in [0.25, 0.3) is 0 Å². The molecule has 1 aliphatic carbocycles. The third-order valence-electron chi connectivity index (χ3n) is 6.69. The molecule has 2 fully saturated rings. The van der Waals surface area contributed by atoms with Crippen molar-refractivity contribution in [3.63, 3.8) is 0 Å². The van der Waals surface area contributed by atoms with Gasteiger partial charge in [-0.3, -0.25) is 4.68 Å². The molecule has 176 valence electrons. The van der Waals surface area contributed by atoms with Gasteiger partial charge in [-0.15, -0.1) is 5.10 Å². The molecule has 3 atom stereocenters. The summed E-state index contributed by atoms with van der Waals surface area (Å²) in [5.41, 5.74) is 2.09. The molecule has 0 radical (unpaired) electrons. The zero-order chi connectivity index (χ0) is 22.6. The molecular weight excluding hydrogens is 428 g/mol. The quantitative estimate of drug-likeness (QED) is 0.625. The minimum Gasteiger partial charge on any atom is -0.394 e. The highest BCUT2D eigenvalue weighted by molar-refractivity contribution is 7.89. The Kier molecular flexibility index (Phi) is 7.60. The van der Waals surface area contributed by atoms with E-state index in [0.717, 1.165) is 24.1 Å². The number of benzene rings is 1. The Labute approximate surface area is 190 Å². The van der Waals surface area contributed by atoms with Crippen LogP contribution in [0.5, 0.6) is 0 Å². The number of rotatable bonds is 8. The lowest BCUT2D eigenvalue weighted by molar-refractivity contribution is -0.0891. The van der Waals surface area contributed by atoms with Crippen LogP contribution >= 0.6 is 0 Å². The lowest BCUT2D eigenvalue weighted by atomic mass is 9.87. The summed E-state index contributed by atoms with van der Waals surface area (Å²) < 4.78 is 36.1. The van der Waals surface area contributed by atoms with Gasteiger partial charge in [-0.05, 0) is 51.2 Å². The SMILES string of the molecule is Cc1ccc(S(=O)(=O)N[C@@H]2CC[C@H](CCn3cc(C4CCCCC4)nn3)O[C@H]2CO)cc1. The smallest absolute Gasteiger partial charge is 0.240 e. The molecule has 9 heteroatoms. The lowest BCUT2D eigenvalue weighted by Gasteiger charge is -2.36. The molecule has 0 amide bonds. The van der Waals surface area contributed by atoms with E-state index >= 15 is 0 Å². The zero-order valence-electron chi connectivity index (χ0n) is 18.7. The molecule has 32 heavy (non-hydrogen) atoms. The van der Waals surface area contributed by atoms with Crippen LogP contribution in [0.2, 0.25) is 0 Å². The summed E-state index contributed by atoms with van der Waals surface area (Å²) >= 11 is 0. The number of aryl methyl sites for hydroxylation is 2. The number of aliphatic hydroxyl groups is 1. The van der Waals surface area contributed by atoms with Crippen LogP contribution in [0.4, 0.5) is 0 Å². The summed E-state index contributed by atoms with van der Waals surface area (Å²) in [5.74, 6) is 0.532. The third-order valence-corrected chi connectivity index (χ3v) is 8.20. The molecule has 8 nitrogen and oxygen atoms in total. The molecule has 2 N–H and O–H groups in total. The van der Waals surface area contributed by atoms with Gasteiger partial charge in [0, 0.05) is 18.7 Å². The predicted octanol–water partition coefficient (Wildman–Crippen LogP) is 2.91. The number of aliphatic hydroxyl groups excluding tert-OH is 1. The summed E-state index contributed by atoms with van der Waals surface area (Å²) in [7, 11) is -3.66. The Hall–Kier alpha value is -1.81. The van der Waals surface area contributed by atoms with E-state index in [2.05, 4.69) is 21.2 Å². The molecule has 1 saturated carbocycles. The van der Waals surface area contributed by atoms with E-state index in [1.807, 2.05) is 11.6 Å². The Bertz CT molecular complexity index is 970. The molecule has 2 aromatic rings. The second-order valence-electron chi connectivity index (χ2n) is 9.13. The molecule has 1 aromatic heterocycles. The Morgan fingerprint density at radius 3 is 2.59 bits per heavy atom. The van der Waals surface area contributed by atoms with Crippen molar-refractivity contribution in [3.05, 3.63) is 41.7 Å². The minimum absolute atomic E-state index is 0.0467. The second-order valence-corrected chi connectivity index (χ2v) is 10.8. The highest BCUT2D eigenvalue weighted by Crippen LogP contribution is 2.31. The summed E-state index contributed by atoms with van der Waals surface area (Å²) in [6.45, 7) is 2.38. The first-order valence-electron chi connectivity index (χ1n) is 11.7. The van der Waals surface area contributed by atoms with Gasteiger partial charge in [-0.1, -0.05) is 42.2 Å². The number of ether oxygens (including phenoxy) is 1.